The molecule has 0 aromatic heterocycles. The van der Waals surface area contributed by atoms with Gasteiger partial charge in [-0.05, 0) is 19.0 Å². The standard InChI is InChI=1S/C11H17NO4S/c1-17(16)6-2-5-12-7-8-3-4-9(13)11(15)10(8)14/h3-4,12-15H,2,5-7H2,1H3. The molecule has 1 aromatic rings. The van der Waals surface area contributed by atoms with Crippen molar-refractivity contribution in [2.75, 3.05) is 18.6 Å². The Morgan fingerprint density at radius 2 is 1.94 bits per heavy atom. The molecule has 4 N–H and O–H groups in total. The lowest BCUT2D eigenvalue weighted by Gasteiger charge is -2.08. The minimum Gasteiger partial charge on any atom is -0.504 e. The van der Waals surface area contributed by atoms with Crippen molar-refractivity contribution in [3.63, 3.8) is 0 Å². The minimum atomic E-state index is -0.787. The zero-order chi connectivity index (χ0) is 12.8. The number of rotatable bonds is 6. The third-order valence-electron chi connectivity index (χ3n) is 2.31. The van der Waals surface area contributed by atoms with Gasteiger partial charge in [0.25, 0.3) is 0 Å². The summed E-state index contributed by atoms with van der Waals surface area (Å²) in [5.41, 5.74) is 0.512. The number of phenolic OH excluding ortho intramolecular Hbond substituents is 3. The molecule has 0 saturated heterocycles. The highest BCUT2D eigenvalue weighted by Gasteiger charge is 2.10. The Hall–Kier alpha value is -1.27. The second-order valence-electron chi connectivity index (χ2n) is 3.75. The molecule has 0 radical (unpaired) electrons. The van der Waals surface area contributed by atoms with E-state index in [2.05, 4.69) is 5.32 Å². The van der Waals surface area contributed by atoms with Crippen molar-refractivity contribution < 1.29 is 19.5 Å². The zero-order valence-electron chi connectivity index (χ0n) is 9.64. The van der Waals surface area contributed by atoms with Gasteiger partial charge in [-0.3, -0.25) is 4.21 Å². The smallest absolute Gasteiger partial charge is 0.200 e. The Morgan fingerprint density at radius 3 is 2.59 bits per heavy atom. The first kappa shape index (κ1) is 13.8. The number of aromatic hydroxyl groups is 3. The van der Waals surface area contributed by atoms with Crippen LogP contribution >= 0.6 is 0 Å². The molecule has 0 aliphatic carbocycles. The van der Waals surface area contributed by atoms with Crippen LogP contribution in [0.15, 0.2) is 12.1 Å². The molecular weight excluding hydrogens is 242 g/mol. The van der Waals surface area contributed by atoms with E-state index >= 15 is 0 Å². The lowest BCUT2D eigenvalue weighted by Crippen LogP contribution is -2.16. The summed E-state index contributed by atoms with van der Waals surface area (Å²) in [5, 5.41) is 31.0. The van der Waals surface area contributed by atoms with Crippen molar-refractivity contribution in [3.8, 4) is 17.2 Å². The van der Waals surface area contributed by atoms with E-state index in [1.54, 1.807) is 6.26 Å². The van der Waals surface area contributed by atoms with Crippen molar-refractivity contribution in [2.24, 2.45) is 0 Å². The first-order valence-corrected chi connectivity index (χ1v) is 6.98. The summed E-state index contributed by atoms with van der Waals surface area (Å²) in [7, 11) is -0.787. The molecule has 0 heterocycles. The normalized spacial score (nSPS) is 12.5. The summed E-state index contributed by atoms with van der Waals surface area (Å²) in [6, 6.07) is 2.86. The van der Waals surface area contributed by atoms with Crippen LogP contribution in [0.2, 0.25) is 0 Å². The van der Waals surface area contributed by atoms with Gasteiger partial charge in [-0.1, -0.05) is 6.07 Å². The molecule has 1 rings (SSSR count). The molecule has 0 amide bonds. The highest BCUT2D eigenvalue weighted by molar-refractivity contribution is 7.84. The van der Waals surface area contributed by atoms with Gasteiger partial charge in [-0.2, -0.15) is 0 Å². The molecular formula is C11H17NO4S. The molecule has 0 bridgehead atoms. The summed E-state index contributed by atoms with van der Waals surface area (Å²) >= 11 is 0. The molecule has 96 valence electrons. The summed E-state index contributed by atoms with van der Waals surface area (Å²) in [5.74, 6) is -0.511. The maximum Gasteiger partial charge on any atom is 0.200 e. The number of nitrogens with one attached hydrogen (secondary N) is 1. The molecule has 0 saturated carbocycles. The number of hydrogen-bond acceptors (Lipinski definition) is 5. The Kier molecular flexibility index (Phi) is 5.24. The van der Waals surface area contributed by atoms with Crippen LogP contribution in [0.25, 0.3) is 0 Å². The summed E-state index contributed by atoms with van der Waals surface area (Å²) in [6.07, 6.45) is 2.44. The van der Waals surface area contributed by atoms with Crippen molar-refractivity contribution >= 4 is 10.8 Å². The van der Waals surface area contributed by atoms with Crippen LogP contribution in [-0.2, 0) is 17.3 Å². The Bertz CT molecular complexity index is 409. The molecule has 0 aliphatic heterocycles. The highest BCUT2D eigenvalue weighted by Crippen LogP contribution is 2.36. The van der Waals surface area contributed by atoms with Gasteiger partial charge in [-0.25, -0.2) is 0 Å². The predicted octanol–water partition coefficient (Wildman–Crippen LogP) is 0.662. The summed E-state index contributed by atoms with van der Waals surface area (Å²) in [4.78, 5) is 0. The van der Waals surface area contributed by atoms with Gasteiger partial charge in [0, 0.05) is 34.9 Å². The second kappa shape index (κ2) is 6.46. The third-order valence-corrected chi connectivity index (χ3v) is 3.18. The van der Waals surface area contributed by atoms with E-state index in [1.165, 1.54) is 12.1 Å². The van der Waals surface area contributed by atoms with Crippen LogP contribution in [0.5, 0.6) is 17.2 Å². The van der Waals surface area contributed by atoms with Gasteiger partial charge in [-0.15, -0.1) is 0 Å². The molecule has 1 atom stereocenters. The van der Waals surface area contributed by atoms with Crippen molar-refractivity contribution in [3.05, 3.63) is 17.7 Å². The fourth-order valence-corrected chi connectivity index (χ4v) is 1.93. The number of hydrogen-bond donors (Lipinski definition) is 4. The van der Waals surface area contributed by atoms with E-state index in [0.29, 0.717) is 24.4 Å². The van der Waals surface area contributed by atoms with E-state index in [1.807, 2.05) is 0 Å². The van der Waals surface area contributed by atoms with E-state index in [0.717, 1.165) is 6.42 Å². The van der Waals surface area contributed by atoms with Crippen molar-refractivity contribution in [1.82, 2.24) is 5.32 Å². The highest BCUT2D eigenvalue weighted by atomic mass is 32.2. The summed E-state index contributed by atoms with van der Waals surface area (Å²) in [6.45, 7) is 1.07. The average Bonchev–Trinajstić information content (AvgIpc) is 2.28. The quantitative estimate of drug-likeness (QED) is 0.445. The first-order chi connectivity index (χ1) is 8.02. The van der Waals surface area contributed by atoms with Crippen LogP contribution in [0.3, 0.4) is 0 Å². The predicted molar refractivity (Wildman–Crippen MR) is 66.7 cm³/mol. The van der Waals surface area contributed by atoms with E-state index in [4.69, 9.17) is 5.11 Å². The maximum atomic E-state index is 10.8. The largest absolute Gasteiger partial charge is 0.504 e. The second-order valence-corrected chi connectivity index (χ2v) is 5.30. The van der Waals surface area contributed by atoms with Crippen LogP contribution < -0.4 is 5.32 Å². The van der Waals surface area contributed by atoms with Gasteiger partial charge in [0.05, 0.1) is 0 Å². The Labute approximate surface area is 103 Å². The average molecular weight is 259 g/mol. The number of phenols is 3. The van der Waals surface area contributed by atoms with Gasteiger partial charge >= 0.3 is 0 Å². The summed E-state index contributed by atoms with van der Waals surface area (Å²) < 4.78 is 10.8. The topological polar surface area (TPSA) is 89.8 Å². The molecule has 0 spiro atoms. The van der Waals surface area contributed by atoms with Crippen molar-refractivity contribution in [1.29, 1.82) is 0 Å². The molecule has 17 heavy (non-hydrogen) atoms. The molecule has 0 fully saturated rings. The van der Waals surface area contributed by atoms with Crippen LogP contribution in [0, 0.1) is 0 Å². The fourth-order valence-electron chi connectivity index (χ4n) is 1.38. The lowest BCUT2D eigenvalue weighted by molar-refractivity contribution is 0.364. The van der Waals surface area contributed by atoms with Crippen LogP contribution in [0.1, 0.15) is 12.0 Å². The third kappa shape index (κ3) is 4.24. The number of benzene rings is 1. The SMILES string of the molecule is CS(=O)CCCNCc1ccc(O)c(O)c1O. The van der Waals surface area contributed by atoms with E-state index in [9.17, 15) is 14.4 Å². The van der Waals surface area contributed by atoms with Crippen molar-refractivity contribution in [2.45, 2.75) is 13.0 Å². The van der Waals surface area contributed by atoms with E-state index in [-0.39, 0.29) is 11.5 Å². The lowest BCUT2D eigenvalue weighted by atomic mass is 10.1. The van der Waals surface area contributed by atoms with Gasteiger partial charge in [0.1, 0.15) is 0 Å². The van der Waals surface area contributed by atoms with Crippen LogP contribution in [0.4, 0.5) is 0 Å². The fraction of sp³-hybridized carbons (Fsp3) is 0.455. The van der Waals surface area contributed by atoms with Gasteiger partial charge in [0.15, 0.2) is 11.5 Å². The molecule has 1 aromatic carbocycles. The maximum absolute atomic E-state index is 10.8. The Morgan fingerprint density at radius 1 is 1.24 bits per heavy atom. The first-order valence-electron chi connectivity index (χ1n) is 5.26. The Balaban J connectivity index is 2.42. The molecule has 5 nitrogen and oxygen atoms in total. The molecule has 1 unspecified atom stereocenters. The van der Waals surface area contributed by atoms with Gasteiger partial charge < -0.3 is 20.6 Å². The molecule has 6 heteroatoms. The van der Waals surface area contributed by atoms with Crippen LogP contribution in [-0.4, -0.2) is 38.1 Å². The monoisotopic (exact) mass is 259 g/mol. The molecule has 0 aliphatic rings. The van der Waals surface area contributed by atoms with E-state index < -0.39 is 16.5 Å². The minimum absolute atomic E-state index is 0.309. The zero-order valence-corrected chi connectivity index (χ0v) is 10.5. The van der Waals surface area contributed by atoms with Gasteiger partial charge in [0.2, 0.25) is 5.75 Å².